The number of nitrogen functional groups attached to an aromatic ring is 1. The minimum absolute atomic E-state index is 0.00180. The molecule has 15 heteroatoms. The molecular weight excluding hydrogens is 581 g/mol. The fourth-order valence-corrected chi connectivity index (χ4v) is 5.73. The molecular formula is C27H26ClF3N6O5. The lowest BCUT2D eigenvalue weighted by atomic mass is 9.76. The average molecular weight is 607 g/mol. The van der Waals surface area contributed by atoms with Crippen LogP contribution in [-0.2, 0) is 4.79 Å². The molecule has 1 spiro atoms. The van der Waals surface area contributed by atoms with Crippen LogP contribution in [0.4, 0.5) is 30.6 Å². The predicted octanol–water partition coefficient (Wildman–Crippen LogP) is 5.00. The summed E-state index contributed by atoms with van der Waals surface area (Å²) >= 11 is 6.11. The standard InChI is InChI=1S/C27H26ClF3N6O5/c28-16-4-5-18(19(11-16)15-2-1-3-17(10-15)37(40)41)23(27(29,30)31)42-22-12-21(34-25(32)35-22)36-8-6-26(7-9-36)13-20(24(38)39)33-14-26/h1-5,10-12,20,23,33H,6-9,13-14H2,(H,38,39)(H2,32,34,35)/t20?,23-/m1/s1. The highest BCUT2D eigenvalue weighted by Gasteiger charge is 2.46. The number of hydrogen-bond acceptors (Lipinski definition) is 9. The number of nitrogens with zero attached hydrogens (tertiary/aromatic N) is 4. The van der Waals surface area contributed by atoms with Crippen LogP contribution in [-0.4, -0.2) is 57.8 Å². The van der Waals surface area contributed by atoms with E-state index in [-0.39, 0.29) is 44.6 Å². The van der Waals surface area contributed by atoms with E-state index < -0.39 is 35.1 Å². The molecule has 0 amide bonds. The number of halogens is 4. The van der Waals surface area contributed by atoms with Gasteiger partial charge in [0.15, 0.2) is 0 Å². The summed E-state index contributed by atoms with van der Waals surface area (Å²) in [7, 11) is 0. The zero-order valence-corrected chi connectivity index (χ0v) is 22.7. The number of nitrogens with one attached hydrogen (secondary N) is 1. The van der Waals surface area contributed by atoms with Gasteiger partial charge in [0.25, 0.3) is 5.69 Å². The summed E-state index contributed by atoms with van der Waals surface area (Å²) in [5, 5.41) is 23.8. The second kappa shape index (κ2) is 11.2. The minimum Gasteiger partial charge on any atom is -0.480 e. The molecule has 0 saturated carbocycles. The van der Waals surface area contributed by atoms with Gasteiger partial charge in [0, 0.05) is 48.4 Å². The van der Waals surface area contributed by atoms with Crippen LogP contribution in [0.1, 0.15) is 30.9 Å². The molecule has 2 atom stereocenters. The first kappa shape index (κ1) is 29.3. The maximum Gasteiger partial charge on any atom is 0.429 e. The van der Waals surface area contributed by atoms with Crippen molar-refractivity contribution in [2.45, 2.75) is 37.6 Å². The fraction of sp³-hybridized carbons (Fsp3) is 0.370. The van der Waals surface area contributed by atoms with Crippen molar-refractivity contribution in [3.8, 4) is 17.0 Å². The molecule has 4 N–H and O–H groups in total. The van der Waals surface area contributed by atoms with E-state index in [2.05, 4.69) is 15.3 Å². The number of non-ortho nitro benzene ring substituents is 1. The highest BCUT2D eigenvalue weighted by atomic mass is 35.5. The summed E-state index contributed by atoms with van der Waals surface area (Å²) in [6.07, 6.45) is -5.62. The lowest BCUT2D eigenvalue weighted by Gasteiger charge is -2.39. The quantitative estimate of drug-likeness (QED) is 0.247. The summed E-state index contributed by atoms with van der Waals surface area (Å²) in [6, 6.07) is 9.59. The van der Waals surface area contributed by atoms with E-state index in [1.54, 1.807) is 0 Å². The fourth-order valence-electron chi connectivity index (χ4n) is 5.56. The Labute approximate surface area is 242 Å². The SMILES string of the molecule is Nc1nc(O[C@H](c2ccc(Cl)cc2-c2cccc([N+](=O)[O-])c2)C(F)(F)F)cc(N2CCC3(CC2)CNC(C(=O)O)C3)n1. The number of anilines is 2. The maximum atomic E-state index is 14.5. The van der Waals surface area contributed by atoms with Crippen LogP contribution in [0, 0.1) is 15.5 Å². The van der Waals surface area contributed by atoms with E-state index in [0.717, 1.165) is 12.1 Å². The number of rotatable bonds is 7. The van der Waals surface area contributed by atoms with Gasteiger partial charge in [0.2, 0.25) is 17.9 Å². The van der Waals surface area contributed by atoms with Crippen molar-refractivity contribution in [3.05, 3.63) is 69.2 Å². The number of hydrogen-bond donors (Lipinski definition) is 3. The average Bonchev–Trinajstić information content (AvgIpc) is 3.35. The summed E-state index contributed by atoms with van der Waals surface area (Å²) in [6.45, 7) is 1.54. The summed E-state index contributed by atoms with van der Waals surface area (Å²) in [5.74, 6) is -1.31. The van der Waals surface area contributed by atoms with Gasteiger partial charge >= 0.3 is 12.1 Å². The van der Waals surface area contributed by atoms with E-state index in [9.17, 15) is 33.2 Å². The van der Waals surface area contributed by atoms with E-state index in [0.29, 0.717) is 38.9 Å². The smallest absolute Gasteiger partial charge is 0.429 e. The largest absolute Gasteiger partial charge is 0.480 e. The molecule has 1 aromatic heterocycles. The molecule has 2 aromatic carbocycles. The molecule has 2 saturated heterocycles. The topological polar surface area (TPSA) is 157 Å². The van der Waals surface area contributed by atoms with Gasteiger partial charge in [-0.1, -0.05) is 29.8 Å². The van der Waals surface area contributed by atoms with Crippen LogP contribution in [0.15, 0.2) is 48.5 Å². The number of nitro groups is 1. The molecule has 222 valence electrons. The number of nitrogens with two attached hydrogens (primary N) is 1. The lowest BCUT2D eigenvalue weighted by molar-refractivity contribution is -0.384. The first-order valence-corrected chi connectivity index (χ1v) is 13.3. The number of piperidine rings is 1. The van der Waals surface area contributed by atoms with Crippen molar-refractivity contribution >= 4 is 35.0 Å². The third-order valence-corrected chi connectivity index (χ3v) is 7.95. The van der Waals surface area contributed by atoms with Crippen LogP contribution < -0.4 is 20.7 Å². The van der Waals surface area contributed by atoms with Crippen LogP contribution in [0.25, 0.3) is 11.1 Å². The van der Waals surface area contributed by atoms with Crippen molar-refractivity contribution in [1.29, 1.82) is 0 Å². The first-order chi connectivity index (χ1) is 19.8. The summed E-state index contributed by atoms with van der Waals surface area (Å²) in [4.78, 5) is 32.0. The van der Waals surface area contributed by atoms with Gasteiger partial charge in [-0.25, -0.2) is 0 Å². The number of aliphatic carboxylic acids is 1. The monoisotopic (exact) mass is 606 g/mol. The third kappa shape index (κ3) is 6.19. The minimum atomic E-state index is -4.92. The predicted molar refractivity (Wildman–Crippen MR) is 147 cm³/mol. The summed E-state index contributed by atoms with van der Waals surface area (Å²) < 4.78 is 49.0. The Balaban J connectivity index is 1.43. The Morgan fingerprint density at radius 1 is 1.21 bits per heavy atom. The molecule has 0 radical (unpaired) electrons. The first-order valence-electron chi connectivity index (χ1n) is 13.0. The molecule has 5 rings (SSSR count). The molecule has 2 fully saturated rings. The Morgan fingerprint density at radius 3 is 2.60 bits per heavy atom. The number of carbonyl (C=O) groups is 1. The molecule has 11 nitrogen and oxygen atoms in total. The number of benzene rings is 2. The maximum absolute atomic E-state index is 14.5. The highest BCUT2D eigenvalue weighted by molar-refractivity contribution is 6.30. The van der Waals surface area contributed by atoms with Crippen molar-refractivity contribution in [2.24, 2.45) is 5.41 Å². The molecule has 3 aromatic rings. The summed E-state index contributed by atoms with van der Waals surface area (Å²) in [5.41, 5.74) is 5.22. The molecule has 3 heterocycles. The van der Waals surface area contributed by atoms with Gasteiger partial charge in [-0.05, 0) is 47.9 Å². The second-order valence-corrected chi connectivity index (χ2v) is 10.9. The van der Waals surface area contributed by atoms with Crippen LogP contribution >= 0.6 is 11.6 Å². The molecule has 0 aliphatic carbocycles. The van der Waals surface area contributed by atoms with E-state index in [4.69, 9.17) is 22.1 Å². The van der Waals surface area contributed by atoms with Crippen molar-refractivity contribution < 1.29 is 32.7 Å². The van der Waals surface area contributed by atoms with Crippen LogP contribution in [0.2, 0.25) is 5.02 Å². The molecule has 2 aliphatic heterocycles. The Bertz CT molecular complexity index is 1520. The lowest BCUT2D eigenvalue weighted by Crippen LogP contribution is -2.41. The number of nitro benzene ring substituents is 1. The van der Waals surface area contributed by atoms with E-state index in [1.807, 2.05) is 4.90 Å². The Morgan fingerprint density at radius 2 is 1.95 bits per heavy atom. The number of aromatic nitrogens is 2. The van der Waals surface area contributed by atoms with E-state index in [1.165, 1.54) is 36.4 Å². The Kier molecular flexibility index (Phi) is 7.86. The molecule has 1 unspecified atom stereocenters. The van der Waals surface area contributed by atoms with Gasteiger partial charge in [0.05, 0.1) is 4.92 Å². The van der Waals surface area contributed by atoms with Crippen molar-refractivity contribution in [2.75, 3.05) is 30.3 Å². The number of carboxylic acid groups (broad SMARTS) is 1. The normalized spacial score (nSPS) is 19.0. The van der Waals surface area contributed by atoms with Gasteiger partial charge in [0.1, 0.15) is 11.9 Å². The molecule has 42 heavy (non-hydrogen) atoms. The third-order valence-electron chi connectivity index (χ3n) is 7.71. The van der Waals surface area contributed by atoms with E-state index >= 15 is 0 Å². The van der Waals surface area contributed by atoms with Crippen molar-refractivity contribution in [1.82, 2.24) is 15.3 Å². The van der Waals surface area contributed by atoms with Gasteiger partial charge in [-0.2, -0.15) is 23.1 Å². The second-order valence-electron chi connectivity index (χ2n) is 10.5. The zero-order chi connectivity index (χ0) is 30.2. The van der Waals surface area contributed by atoms with Crippen LogP contribution in [0.3, 0.4) is 0 Å². The van der Waals surface area contributed by atoms with Crippen LogP contribution in [0.5, 0.6) is 5.88 Å². The van der Waals surface area contributed by atoms with Gasteiger partial charge < -0.3 is 25.8 Å². The highest BCUT2D eigenvalue weighted by Crippen LogP contribution is 2.43. The zero-order valence-electron chi connectivity index (χ0n) is 22.0. The Hall–Kier alpha value is -4.17. The number of carboxylic acids is 1. The number of alkyl halides is 3. The van der Waals surface area contributed by atoms with Gasteiger partial charge in [-0.15, -0.1) is 0 Å². The molecule has 2 aliphatic rings. The van der Waals surface area contributed by atoms with Gasteiger partial charge in [-0.3, -0.25) is 14.9 Å². The number of ether oxygens (including phenoxy) is 1. The molecule has 0 bridgehead atoms. The van der Waals surface area contributed by atoms with Crippen molar-refractivity contribution in [3.63, 3.8) is 0 Å².